The van der Waals surface area contributed by atoms with Gasteiger partial charge in [0.2, 0.25) is 0 Å². The van der Waals surface area contributed by atoms with Crippen LogP contribution < -0.4 is 0 Å². The van der Waals surface area contributed by atoms with Gasteiger partial charge in [0, 0.05) is 0 Å². The summed E-state index contributed by atoms with van der Waals surface area (Å²) in [7, 11) is 0. The standard InChI is InChI=1S/C15H16F4O2/c16-13-8-7-10(9-12(13)15(17,18)19)14(20)21-11-5-3-1-2-4-6-11/h7-9,11H,1-6H2. The Labute approximate surface area is 120 Å². The van der Waals surface area contributed by atoms with E-state index in [0.29, 0.717) is 12.1 Å². The molecule has 1 saturated carbocycles. The number of ether oxygens (including phenoxy) is 1. The molecule has 1 aromatic rings. The molecule has 0 unspecified atom stereocenters. The summed E-state index contributed by atoms with van der Waals surface area (Å²) in [6.07, 6.45) is 0.371. The van der Waals surface area contributed by atoms with Crippen molar-refractivity contribution in [2.45, 2.75) is 50.8 Å². The van der Waals surface area contributed by atoms with Crippen molar-refractivity contribution in [3.05, 3.63) is 35.1 Å². The number of carbonyl (C=O) groups is 1. The minimum Gasteiger partial charge on any atom is -0.459 e. The molecule has 0 N–H and O–H groups in total. The third-order valence-electron chi connectivity index (χ3n) is 3.58. The molecule has 1 aliphatic rings. The number of rotatable bonds is 2. The molecule has 1 aliphatic carbocycles. The van der Waals surface area contributed by atoms with E-state index in [4.69, 9.17) is 4.74 Å². The van der Waals surface area contributed by atoms with Gasteiger partial charge in [0.1, 0.15) is 11.9 Å². The SMILES string of the molecule is O=C(OC1CCCCCC1)c1ccc(F)c(C(F)(F)F)c1. The monoisotopic (exact) mass is 304 g/mol. The zero-order valence-corrected chi connectivity index (χ0v) is 11.4. The number of hydrogen-bond donors (Lipinski definition) is 0. The van der Waals surface area contributed by atoms with Crippen LogP contribution in [0.15, 0.2) is 18.2 Å². The average molecular weight is 304 g/mol. The van der Waals surface area contributed by atoms with Gasteiger partial charge in [0.25, 0.3) is 0 Å². The normalized spacial score (nSPS) is 17.3. The van der Waals surface area contributed by atoms with E-state index in [1.165, 1.54) is 0 Å². The van der Waals surface area contributed by atoms with Crippen molar-refractivity contribution in [3.8, 4) is 0 Å². The topological polar surface area (TPSA) is 26.3 Å². The number of alkyl halides is 3. The second-order valence-electron chi connectivity index (χ2n) is 5.21. The Morgan fingerprint density at radius 3 is 2.29 bits per heavy atom. The van der Waals surface area contributed by atoms with Crippen LogP contribution in [0.2, 0.25) is 0 Å². The molecule has 0 aromatic heterocycles. The van der Waals surface area contributed by atoms with Crippen molar-refractivity contribution in [1.29, 1.82) is 0 Å². The molecular weight excluding hydrogens is 288 g/mol. The van der Waals surface area contributed by atoms with E-state index in [0.717, 1.165) is 44.6 Å². The lowest BCUT2D eigenvalue weighted by molar-refractivity contribution is -0.140. The summed E-state index contributed by atoms with van der Waals surface area (Å²) in [5.41, 5.74) is -1.72. The zero-order chi connectivity index (χ0) is 15.5. The Morgan fingerprint density at radius 1 is 1.10 bits per heavy atom. The average Bonchev–Trinajstić information content (AvgIpc) is 2.66. The quantitative estimate of drug-likeness (QED) is 0.449. The molecule has 0 spiro atoms. The van der Waals surface area contributed by atoms with Gasteiger partial charge in [-0.2, -0.15) is 13.2 Å². The first kappa shape index (κ1) is 15.8. The molecule has 0 radical (unpaired) electrons. The maximum Gasteiger partial charge on any atom is 0.419 e. The van der Waals surface area contributed by atoms with Crippen LogP contribution in [0.3, 0.4) is 0 Å². The van der Waals surface area contributed by atoms with Gasteiger partial charge in [-0.1, -0.05) is 12.8 Å². The summed E-state index contributed by atoms with van der Waals surface area (Å²) in [5.74, 6) is -2.22. The first-order valence-electron chi connectivity index (χ1n) is 6.95. The van der Waals surface area contributed by atoms with Gasteiger partial charge in [0.05, 0.1) is 11.1 Å². The van der Waals surface area contributed by atoms with Gasteiger partial charge in [-0.25, -0.2) is 9.18 Å². The van der Waals surface area contributed by atoms with E-state index in [-0.39, 0.29) is 11.7 Å². The van der Waals surface area contributed by atoms with Gasteiger partial charge in [-0.3, -0.25) is 0 Å². The summed E-state index contributed by atoms with van der Waals surface area (Å²) < 4.78 is 56.2. The largest absolute Gasteiger partial charge is 0.459 e. The lowest BCUT2D eigenvalue weighted by Crippen LogP contribution is -2.18. The van der Waals surface area contributed by atoms with Gasteiger partial charge in [0.15, 0.2) is 0 Å². The fraction of sp³-hybridized carbons (Fsp3) is 0.533. The van der Waals surface area contributed by atoms with Gasteiger partial charge < -0.3 is 4.74 Å². The van der Waals surface area contributed by atoms with E-state index in [9.17, 15) is 22.4 Å². The number of halogens is 4. The fourth-order valence-electron chi connectivity index (χ4n) is 2.45. The summed E-state index contributed by atoms with van der Waals surface area (Å²) in [6.45, 7) is 0. The second-order valence-corrected chi connectivity index (χ2v) is 5.21. The first-order chi connectivity index (χ1) is 9.88. The van der Waals surface area contributed by atoms with E-state index in [2.05, 4.69) is 0 Å². The highest BCUT2D eigenvalue weighted by Gasteiger charge is 2.35. The highest BCUT2D eigenvalue weighted by molar-refractivity contribution is 5.89. The lowest BCUT2D eigenvalue weighted by Gasteiger charge is -2.16. The maximum absolute atomic E-state index is 13.2. The molecule has 116 valence electrons. The number of hydrogen-bond acceptors (Lipinski definition) is 2. The van der Waals surface area contributed by atoms with Gasteiger partial charge in [-0.15, -0.1) is 0 Å². The number of esters is 1. The molecule has 0 heterocycles. The Morgan fingerprint density at radius 2 is 1.71 bits per heavy atom. The smallest absolute Gasteiger partial charge is 0.419 e. The lowest BCUT2D eigenvalue weighted by atomic mass is 10.1. The van der Waals surface area contributed by atoms with Crippen LogP contribution in [0.1, 0.15) is 54.4 Å². The molecule has 6 heteroatoms. The summed E-state index contributed by atoms with van der Waals surface area (Å²) in [4.78, 5) is 11.9. The van der Waals surface area contributed by atoms with Gasteiger partial charge >= 0.3 is 12.1 Å². The van der Waals surface area contributed by atoms with Crippen LogP contribution in [0, 0.1) is 5.82 Å². The Balaban J connectivity index is 2.12. The molecule has 0 aliphatic heterocycles. The summed E-state index contributed by atoms with van der Waals surface area (Å²) in [6, 6.07) is 2.17. The van der Waals surface area contributed by atoms with Crippen LogP contribution in [0.5, 0.6) is 0 Å². The van der Waals surface area contributed by atoms with Crippen molar-refractivity contribution in [1.82, 2.24) is 0 Å². The van der Waals surface area contributed by atoms with Crippen molar-refractivity contribution >= 4 is 5.97 Å². The highest BCUT2D eigenvalue weighted by atomic mass is 19.4. The zero-order valence-electron chi connectivity index (χ0n) is 11.4. The van der Waals surface area contributed by atoms with Crippen LogP contribution in [-0.2, 0) is 10.9 Å². The predicted octanol–water partition coefficient (Wildman–Crippen LogP) is 4.72. The molecule has 2 rings (SSSR count). The second kappa shape index (κ2) is 6.45. The molecule has 0 amide bonds. The van der Waals surface area contributed by atoms with E-state index >= 15 is 0 Å². The fourth-order valence-corrected chi connectivity index (χ4v) is 2.45. The van der Waals surface area contributed by atoms with E-state index < -0.39 is 23.5 Å². The molecule has 2 nitrogen and oxygen atoms in total. The predicted molar refractivity (Wildman–Crippen MR) is 68.3 cm³/mol. The molecule has 1 aromatic carbocycles. The Bertz CT molecular complexity index is 503. The number of benzene rings is 1. The molecular formula is C15H16F4O2. The highest BCUT2D eigenvalue weighted by Crippen LogP contribution is 2.32. The third-order valence-corrected chi connectivity index (χ3v) is 3.58. The van der Waals surface area contributed by atoms with Crippen LogP contribution in [0.4, 0.5) is 17.6 Å². The molecule has 0 saturated heterocycles. The van der Waals surface area contributed by atoms with Crippen molar-refractivity contribution in [2.24, 2.45) is 0 Å². The van der Waals surface area contributed by atoms with Crippen LogP contribution in [-0.4, -0.2) is 12.1 Å². The summed E-state index contributed by atoms with van der Waals surface area (Å²) >= 11 is 0. The van der Waals surface area contributed by atoms with E-state index in [1.54, 1.807) is 0 Å². The minimum absolute atomic E-state index is 0.264. The molecule has 1 fully saturated rings. The first-order valence-corrected chi connectivity index (χ1v) is 6.95. The molecule has 0 atom stereocenters. The Hall–Kier alpha value is -1.59. The van der Waals surface area contributed by atoms with Crippen LogP contribution >= 0.6 is 0 Å². The molecule has 0 bridgehead atoms. The van der Waals surface area contributed by atoms with Crippen molar-refractivity contribution < 1.29 is 27.1 Å². The van der Waals surface area contributed by atoms with E-state index in [1.807, 2.05) is 0 Å². The maximum atomic E-state index is 13.2. The Kier molecular flexibility index (Phi) is 4.85. The molecule has 21 heavy (non-hydrogen) atoms. The third kappa shape index (κ3) is 4.19. The van der Waals surface area contributed by atoms with Crippen molar-refractivity contribution in [2.75, 3.05) is 0 Å². The van der Waals surface area contributed by atoms with Crippen molar-refractivity contribution in [3.63, 3.8) is 0 Å². The number of carbonyl (C=O) groups excluding carboxylic acids is 1. The van der Waals surface area contributed by atoms with Gasteiger partial charge in [-0.05, 0) is 43.9 Å². The summed E-state index contributed by atoms with van der Waals surface area (Å²) in [5, 5.41) is 0. The van der Waals surface area contributed by atoms with Crippen LogP contribution in [0.25, 0.3) is 0 Å². The minimum atomic E-state index is -4.83.